The van der Waals surface area contributed by atoms with Crippen LogP contribution in [0.25, 0.3) is 22.7 Å². The number of fused-ring (bicyclic) bond motifs is 1. The number of hydrogen-bond donors (Lipinski definition) is 3. The molecular formula is C29H38F2N8O2. The molecule has 3 aromatic heterocycles. The number of hydrogen-bond acceptors (Lipinski definition) is 8. The second kappa shape index (κ2) is 10.8. The van der Waals surface area contributed by atoms with Crippen molar-refractivity contribution in [3.8, 4) is 11.5 Å². The van der Waals surface area contributed by atoms with Crippen molar-refractivity contribution in [2.75, 3.05) is 5.32 Å². The average molecular weight is 569 g/mol. The average Bonchev–Trinajstić information content (AvgIpc) is 3.49. The first-order valence-corrected chi connectivity index (χ1v) is 14.7. The molecule has 41 heavy (non-hydrogen) atoms. The first-order valence-electron chi connectivity index (χ1n) is 14.7. The van der Waals surface area contributed by atoms with Crippen LogP contribution < -0.4 is 16.1 Å². The summed E-state index contributed by atoms with van der Waals surface area (Å²) in [5.74, 6) is -1.39. The van der Waals surface area contributed by atoms with Gasteiger partial charge in [0.25, 0.3) is 5.92 Å². The summed E-state index contributed by atoms with van der Waals surface area (Å²) in [7, 11) is 0. The summed E-state index contributed by atoms with van der Waals surface area (Å²) in [6, 6.07) is 4.11. The fraction of sp³-hybridized carbons (Fsp3) is 0.621. The molecule has 4 heterocycles. The predicted octanol–water partition coefficient (Wildman–Crippen LogP) is 5.93. The van der Waals surface area contributed by atoms with Gasteiger partial charge in [0.05, 0.1) is 0 Å². The molecule has 0 aromatic carbocycles. The van der Waals surface area contributed by atoms with Gasteiger partial charge in [-0.2, -0.15) is 0 Å². The van der Waals surface area contributed by atoms with Crippen molar-refractivity contribution < 1.29 is 18.4 Å². The van der Waals surface area contributed by atoms with Crippen molar-refractivity contribution in [1.29, 1.82) is 0 Å². The lowest BCUT2D eigenvalue weighted by Crippen LogP contribution is -2.35. The number of alkyl halides is 2. The van der Waals surface area contributed by atoms with E-state index >= 15 is 0 Å². The Bertz CT molecular complexity index is 1440. The number of pyridine rings is 1. The first-order chi connectivity index (χ1) is 19.6. The molecule has 1 saturated heterocycles. The zero-order chi connectivity index (χ0) is 28.9. The van der Waals surface area contributed by atoms with Gasteiger partial charge in [-0.1, -0.05) is 27.2 Å². The van der Waals surface area contributed by atoms with E-state index in [9.17, 15) is 13.6 Å². The predicted molar refractivity (Wildman–Crippen MR) is 150 cm³/mol. The van der Waals surface area contributed by atoms with E-state index < -0.39 is 24.1 Å². The number of carbonyl (C=O) groups is 1. The number of nitrogens with one attached hydrogen (secondary N) is 3. The highest BCUT2D eigenvalue weighted by atomic mass is 19.3. The number of nitrogens with zero attached hydrogens (tertiary/aromatic N) is 5. The number of aromatic nitrogens is 5. The maximum atomic E-state index is 14.9. The quantitative estimate of drug-likeness (QED) is 0.306. The second-order valence-corrected chi connectivity index (χ2v) is 12.3. The number of imidazole rings is 1. The van der Waals surface area contributed by atoms with Gasteiger partial charge in [0, 0.05) is 31.1 Å². The standard InChI is InChI=1S/C29H38F2N8O2/c1-15(2)20-10-11-32-21(12-20)27-36-24-22(39(27)14-18-9-8-16(3)29(30,31)13-18)23(33-17(4)19-6-5-7-19)34-25(35-24)26-37-28(40)41-38-26/h10-12,15-19,26,38H,5-9,13-14H2,1-4H3,(H,37,40)(H,33,34,35)/t16?,17-,18?,26?/m1/s1. The molecule has 3 N–H and O–H groups in total. The largest absolute Gasteiger partial charge is 0.427 e. The van der Waals surface area contributed by atoms with Crippen molar-refractivity contribution in [3.05, 3.63) is 29.7 Å². The van der Waals surface area contributed by atoms with Crippen molar-refractivity contribution >= 4 is 23.1 Å². The molecule has 10 nitrogen and oxygen atoms in total. The Morgan fingerprint density at radius 1 is 1.17 bits per heavy atom. The summed E-state index contributed by atoms with van der Waals surface area (Å²) >= 11 is 0. The number of amides is 1. The van der Waals surface area contributed by atoms with E-state index in [0.717, 1.165) is 18.4 Å². The molecule has 0 bridgehead atoms. The van der Waals surface area contributed by atoms with E-state index in [-0.39, 0.29) is 24.3 Å². The van der Waals surface area contributed by atoms with E-state index in [1.807, 2.05) is 16.7 Å². The van der Waals surface area contributed by atoms with Crippen LogP contribution in [0.15, 0.2) is 18.3 Å². The summed E-state index contributed by atoms with van der Waals surface area (Å²) < 4.78 is 31.7. The normalized spacial score (nSPS) is 25.1. The van der Waals surface area contributed by atoms with Gasteiger partial charge in [-0.15, -0.1) is 5.48 Å². The number of hydroxylamine groups is 1. The summed E-state index contributed by atoms with van der Waals surface area (Å²) in [6.45, 7) is 8.33. The van der Waals surface area contributed by atoms with Crippen LogP contribution in [0.5, 0.6) is 0 Å². The Balaban J connectivity index is 1.50. The summed E-state index contributed by atoms with van der Waals surface area (Å²) in [5.41, 5.74) is 5.43. The lowest BCUT2D eigenvalue weighted by atomic mass is 9.80. The molecule has 3 aromatic rings. The molecule has 3 fully saturated rings. The van der Waals surface area contributed by atoms with Crippen molar-refractivity contribution in [2.24, 2.45) is 17.8 Å². The fourth-order valence-corrected chi connectivity index (χ4v) is 6.06. The van der Waals surface area contributed by atoms with Gasteiger partial charge in [0.2, 0.25) is 0 Å². The maximum absolute atomic E-state index is 14.9. The van der Waals surface area contributed by atoms with Gasteiger partial charge in [0.1, 0.15) is 11.2 Å². The molecule has 6 rings (SSSR count). The number of rotatable bonds is 8. The zero-order valence-electron chi connectivity index (χ0n) is 24.0. The molecule has 1 amide bonds. The van der Waals surface area contributed by atoms with Gasteiger partial charge in [0.15, 0.2) is 29.3 Å². The molecule has 2 aliphatic carbocycles. The van der Waals surface area contributed by atoms with Crippen LogP contribution in [0.3, 0.4) is 0 Å². The lowest BCUT2D eigenvalue weighted by molar-refractivity contribution is -0.0970. The summed E-state index contributed by atoms with van der Waals surface area (Å²) in [5, 5.41) is 6.25. The highest BCUT2D eigenvalue weighted by molar-refractivity contribution is 5.87. The molecule has 3 unspecified atom stereocenters. The minimum Gasteiger partial charge on any atom is -0.365 e. The van der Waals surface area contributed by atoms with E-state index in [1.54, 1.807) is 13.1 Å². The van der Waals surface area contributed by atoms with Crippen molar-refractivity contribution in [2.45, 2.75) is 96.8 Å². The Morgan fingerprint density at radius 3 is 2.63 bits per heavy atom. The van der Waals surface area contributed by atoms with Gasteiger partial charge in [-0.3, -0.25) is 10.3 Å². The molecular weight excluding hydrogens is 530 g/mol. The molecule has 2 saturated carbocycles. The third kappa shape index (κ3) is 5.45. The van der Waals surface area contributed by atoms with Gasteiger partial charge >= 0.3 is 6.09 Å². The number of halogens is 2. The van der Waals surface area contributed by atoms with Crippen LogP contribution in [0.4, 0.5) is 19.4 Å². The lowest BCUT2D eigenvalue weighted by Gasteiger charge is -2.34. The van der Waals surface area contributed by atoms with Crippen LogP contribution in [-0.2, 0) is 11.4 Å². The molecule has 220 valence electrons. The first kappa shape index (κ1) is 27.7. The number of carbonyl (C=O) groups excluding carboxylic acids is 1. The minimum atomic E-state index is -2.72. The zero-order valence-corrected chi connectivity index (χ0v) is 24.0. The van der Waals surface area contributed by atoms with E-state index in [0.29, 0.717) is 59.6 Å². The van der Waals surface area contributed by atoms with E-state index in [2.05, 4.69) is 41.9 Å². The van der Waals surface area contributed by atoms with Gasteiger partial charge < -0.3 is 14.7 Å². The summed E-state index contributed by atoms with van der Waals surface area (Å²) in [6.07, 6.45) is 4.85. The minimum absolute atomic E-state index is 0.131. The van der Waals surface area contributed by atoms with Crippen LogP contribution in [0.2, 0.25) is 0 Å². The Labute approximate surface area is 238 Å². The third-order valence-electron chi connectivity index (χ3n) is 9.04. The molecule has 1 aliphatic heterocycles. The van der Waals surface area contributed by atoms with Crippen molar-refractivity contribution in [3.63, 3.8) is 0 Å². The highest BCUT2D eigenvalue weighted by Crippen LogP contribution is 2.43. The van der Waals surface area contributed by atoms with Crippen LogP contribution in [-0.4, -0.2) is 42.6 Å². The SMILES string of the molecule is CC(C)c1ccnc(-c2nc3nc(C4NOC(=O)N4)nc(N[C@H](C)C4CCC4)c3n2CC2CCC(C)C(F)(F)C2)c1. The smallest absolute Gasteiger partial charge is 0.365 e. The van der Waals surface area contributed by atoms with Crippen LogP contribution >= 0.6 is 0 Å². The molecule has 12 heteroatoms. The van der Waals surface area contributed by atoms with Gasteiger partial charge in [-0.05, 0) is 68.1 Å². The molecule has 0 radical (unpaired) electrons. The van der Waals surface area contributed by atoms with E-state index in [4.69, 9.17) is 19.8 Å². The van der Waals surface area contributed by atoms with Crippen LogP contribution in [0.1, 0.15) is 89.7 Å². The van der Waals surface area contributed by atoms with Gasteiger partial charge in [-0.25, -0.2) is 28.5 Å². The molecule has 0 spiro atoms. The second-order valence-electron chi connectivity index (χ2n) is 12.3. The fourth-order valence-electron chi connectivity index (χ4n) is 6.06. The maximum Gasteiger partial charge on any atom is 0.427 e. The Morgan fingerprint density at radius 2 is 1.98 bits per heavy atom. The van der Waals surface area contributed by atoms with Crippen molar-refractivity contribution in [1.82, 2.24) is 35.3 Å². The Hall–Kier alpha value is -3.41. The highest BCUT2D eigenvalue weighted by Gasteiger charge is 2.43. The molecule has 3 aliphatic rings. The number of anilines is 1. The Kier molecular flexibility index (Phi) is 7.29. The van der Waals surface area contributed by atoms with E-state index in [1.165, 1.54) is 6.42 Å². The third-order valence-corrected chi connectivity index (χ3v) is 9.04. The topological polar surface area (TPSA) is 119 Å². The molecule has 4 atom stereocenters. The monoisotopic (exact) mass is 568 g/mol. The van der Waals surface area contributed by atoms with Crippen LogP contribution in [0, 0.1) is 17.8 Å². The summed E-state index contributed by atoms with van der Waals surface area (Å²) in [4.78, 5) is 35.8.